The Kier molecular flexibility index (Phi) is 3.05. The van der Waals surface area contributed by atoms with E-state index < -0.39 is 0 Å². The quantitative estimate of drug-likeness (QED) is 0.754. The molecule has 0 saturated carbocycles. The van der Waals surface area contributed by atoms with Crippen LogP contribution in [0.3, 0.4) is 0 Å². The van der Waals surface area contributed by atoms with E-state index in [2.05, 4.69) is 57.5 Å². The first-order chi connectivity index (χ1) is 8.24. The minimum absolute atomic E-state index is 0.489. The van der Waals surface area contributed by atoms with Crippen LogP contribution >= 0.6 is 27.3 Å². The zero-order valence-electron chi connectivity index (χ0n) is 9.69. The number of alkyl halides is 1. The van der Waals surface area contributed by atoms with E-state index in [9.17, 15) is 0 Å². The first-order valence-electron chi connectivity index (χ1n) is 5.87. The molecule has 0 amide bonds. The van der Waals surface area contributed by atoms with Crippen molar-refractivity contribution in [3.05, 3.63) is 51.5 Å². The number of nitrogens with zero attached hydrogens (tertiary/aromatic N) is 1. The number of hydrogen-bond donors (Lipinski definition) is 0. The highest BCUT2D eigenvalue weighted by atomic mass is 79.9. The van der Waals surface area contributed by atoms with Gasteiger partial charge in [0.05, 0.1) is 5.01 Å². The summed E-state index contributed by atoms with van der Waals surface area (Å²) >= 11 is 5.63. The molecule has 0 radical (unpaired) electrons. The Morgan fingerprint density at radius 2 is 2.24 bits per heavy atom. The maximum absolute atomic E-state index is 4.57. The Bertz CT molecular complexity index is 535. The van der Waals surface area contributed by atoms with Gasteiger partial charge < -0.3 is 0 Å². The van der Waals surface area contributed by atoms with Gasteiger partial charge >= 0.3 is 0 Å². The molecule has 1 heterocycles. The van der Waals surface area contributed by atoms with Gasteiger partial charge in [-0.25, -0.2) is 4.98 Å². The minimum atomic E-state index is 0.489. The minimum Gasteiger partial charge on any atom is -0.247 e. The molecule has 0 aliphatic heterocycles. The van der Waals surface area contributed by atoms with Gasteiger partial charge in [0, 0.05) is 22.3 Å². The molecule has 2 aromatic rings. The normalized spacial score (nSPS) is 22.7. The van der Waals surface area contributed by atoms with Gasteiger partial charge in [0.1, 0.15) is 0 Å². The number of rotatable bonds is 2. The van der Waals surface area contributed by atoms with Crippen LogP contribution in [0.5, 0.6) is 0 Å². The summed E-state index contributed by atoms with van der Waals surface area (Å²) in [6.07, 6.45) is 2.26. The standard InChI is InChI=1S/C14H14BrNS/c1-9-8-17-13(16-9)7-11-6-10-4-2-3-5-12(10)14(11)15/h2-5,8,11,14H,6-7H2,1H3. The van der Waals surface area contributed by atoms with Crippen LogP contribution in [0.4, 0.5) is 0 Å². The summed E-state index contributed by atoms with van der Waals surface area (Å²) in [6.45, 7) is 2.06. The summed E-state index contributed by atoms with van der Waals surface area (Å²) in [5.41, 5.74) is 4.10. The van der Waals surface area contributed by atoms with Gasteiger partial charge in [-0.15, -0.1) is 11.3 Å². The van der Waals surface area contributed by atoms with E-state index in [0.717, 1.165) is 12.1 Å². The van der Waals surface area contributed by atoms with Crippen molar-refractivity contribution in [3.8, 4) is 0 Å². The van der Waals surface area contributed by atoms with E-state index in [1.165, 1.54) is 22.6 Å². The SMILES string of the molecule is Cc1csc(CC2Cc3ccccc3C2Br)n1. The predicted molar refractivity (Wildman–Crippen MR) is 75.9 cm³/mol. The van der Waals surface area contributed by atoms with Crippen molar-refractivity contribution in [1.29, 1.82) is 0 Å². The smallest absolute Gasteiger partial charge is 0.0931 e. The molecule has 0 fully saturated rings. The van der Waals surface area contributed by atoms with Gasteiger partial charge in [0.15, 0.2) is 0 Å². The molecule has 1 aromatic heterocycles. The third-order valence-electron chi connectivity index (χ3n) is 3.35. The van der Waals surface area contributed by atoms with E-state index in [1.807, 2.05) is 0 Å². The van der Waals surface area contributed by atoms with Gasteiger partial charge in [-0.2, -0.15) is 0 Å². The second-order valence-electron chi connectivity index (χ2n) is 4.65. The fraction of sp³-hybridized carbons (Fsp3) is 0.357. The van der Waals surface area contributed by atoms with Crippen LogP contribution < -0.4 is 0 Å². The van der Waals surface area contributed by atoms with Crippen molar-refractivity contribution < 1.29 is 0 Å². The molecule has 2 unspecified atom stereocenters. The summed E-state index contributed by atoms with van der Waals surface area (Å²) < 4.78 is 0. The van der Waals surface area contributed by atoms with E-state index in [4.69, 9.17) is 0 Å². The molecule has 1 aliphatic rings. The van der Waals surface area contributed by atoms with Crippen molar-refractivity contribution >= 4 is 27.3 Å². The van der Waals surface area contributed by atoms with Crippen molar-refractivity contribution in [2.24, 2.45) is 5.92 Å². The van der Waals surface area contributed by atoms with Crippen molar-refractivity contribution in [2.45, 2.75) is 24.6 Å². The lowest BCUT2D eigenvalue weighted by Gasteiger charge is -2.12. The molecule has 3 rings (SSSR count). The zero-order chi connectivity index (χ0) is 11.8. The van der Waals surface area contributed by atoms with Crippen LogP contribution in [-0.2, 0) is 12.8 Å². The molecule has 0 saturated heterocycles. The number of thiazole rings is 1. The van der Waals surface area contributed by atoms with Crippen LogP contribution in [-0.4, -0.2) is 4.98 Å². The molecule has 3 heteroatoms. The number of aryl methyl sites for hydroxylation is 1. The maximum atomic E-state index is 4.57. The lowest BCUT2D eigenvalue weighted by molar-refractivity contribution is 0.553. The van der Waals surface area contributed by atoms with Gasteiger partial charge in [0.25, 0.3) is 0 Å². The Morgan fingerprint density at radius 3 is 2.94 bits per heavy atom. The second-order valence-corrected chi connectivity index (χ2v) is 6.58. The Morgan fingerprint density at radius 1 is 1.41 bits per heavy atom. The lowest BCUT2D eigenvalue weighted by Crippen LogP contribution is -2.06. The third kappa shape index (κ3) is 2.18. The number of halogens is 1. The lowest BCUT2D eigenvalue weighted by atomic mass is 10.0. The average molecular weight is 308 g/mol. The van der Waals surface area contributed by atoms with Gasteiger partial charge in [0.2, 0.25) is 0 Å². The highest BCUT2D eigenvalue weighted by Crippen LogP contribution is 2.43. The highest BCUT2D eigenvalue weighted by molar-refractivity contribution is 9.09. The van der Waals surface area contributed by atoms with Gasteiger partial charge in [-0.05, 0) is 30.4 Å². The van der Waals surface area contributed by atoms with Crippen molar-refractivity contribution in [3.63, 3.8) is 0 Å². The summed E-state index contributed by atoms with van der Waals surface area (Å²) in [5, 5.41) is 3.41. The molecule has 1 aliphatic carbocycles. The predicted octanol–water partition coefficient (Wildman–Crippen LogP) is 4.30. The molecule has 17 heavy (non-hydrogen) atoms. The molecule has 0 N–H and O–H groups in total. The Hall–Kier alpha value is -0.670. The number of benzene rings is 1. The summed E-state index contributed by atoms with van der Waals surface area (Å²) in [4.78, 5) is 5.06. The molecule has 88 valence electrons. The summed E-state index contributed by atoms with van der Waals surface area (Å²) in [6, 6.07) is 8.75. The van der Waals surface area contributed by atoms with Crippen molar-refractivity contribution in [1.82, 2.24) is 4.98 Å². The highest BCUT2D eigenvalue weighted by Gasteiger charge is 2.30. The number of hydrogen-bond acceptors (Lipinski definition) is 2. The monoisotopic (exact) mass is 307 g/mol. The third-order valence-corrected chi connectivity index (χ3v) is 5.58. The molecule has 0 spiro atoms. The first-order valence-corrected chi connectivity index (χ1v) is 7.66. The second kappa shape index (κ2) is 4.54. The Labute approximate surface area is 114 Å². The molecule has 0 bridgehead atoms. The zero-order valence-corrected chi connectivity index (χ0v) is 12.1. The summed E-state index contributed by atoms with van der Waals surface area (Å²) in [5.74, 6) is 0.651. The van der Waals surface area contributed by atoms with Gasteiger partial charge in [-0.3, -0.25) is 0 Å². The van der Waals surface area contributed by atoms with Crippen LogP contribution in [0.15, 0.2) is 29.6 Å². The average Bonchev–Trinajstić information content (AvgIpc) is 2.86. The molecular formula is C14H14BrNS. The van der Waals surface area contributed by atoms with Crippen molar-refractivity contribution in [2.75, 3.05) is 0 Å². The largest absolute Gasteiger partial charge is 0.247 e. The molecular weight excluding hydrogens is 294 g/mol. The van der Waals surface area contributed by atoms with E-state index in [0.29, 0.717) is 10.7 Å². The van der Waals surface area contributed by atoms with Gasteiger partial charge in [-0.1, -0.05) is 40.2 Å². The van der Waals surface area contributed by atoms with E-state index in [1.54, 1.807) is 11.3 Å². The van der Waals surface area contributed by atoms with Crippen LogP contribution in [0.25, 0.3) is 0 Å². The first kappa shape index (κ1) is 11.4. The number of aromatic nitrogens is 1. The Balaban J connectivity index is 1.80. The van der Waals surface area contributed by atoms with E-state index in [-0.39, 0.29) is 0 Å². The molecule has 2 atom stereocenters. The summed E-state index contributed by atoms with van der Waals surface area (Å²) in [7, 11) is 0. The maximum Gasteiger partial charge on any atom is 0.0931 e. The fourth-order valence-corrected chi connectivity index (χ4v) is 4.21. The van der Waals surface area contributed by atoms with E-state index >= 15 is 0 Å². The van der Waals surface area contributed by atoms with Crippen LogP contribution in [0.1, 0.15) is 26.7 Å². The fourth-order valence-electron chi connectivity index (χ4n) is 2.53. The molecule has 1 aromatic carbocycles. The topological polar surface area (TPSA) is 12.9 Å². The number of fused-ring (bicyclic) bond motifs is 1. The van der Waals surface area contributed by atoms with Crippen LogP contribution in [0, 0.1) is 12.8 Å². The van der Waals surface area contributed by atoms with Crippen LogP contribution in [0.2, 0.25) is 0 Å². The molecule has 1 nitrogen and oxygen atoms in total.